The third kappa shape index (κ3) is 4.26. The highest BCUT2D eigenvalue weighted by atomic mass is 32.1. The van der Waals surface area contributed by atoms with Crippen LogP contribution in [0.25, 0.3) is 20.7 Å². The number of hydrogen-bond acceptors (Lipinski definition) is 6. The number of nitrogens with zero attached hydrogens (tertiary/aromatic N) is 4. The summed E-state index contributed by atoms with van der Waals surface area (Å²) in [6.45, 7) is 8.61. The van der Waals surface area contributed by atoms with E-state index >= 15 is 0 Å². The second-order valence-electron chi connectivity index (χ2n) is 9.03. The Hall–Kier alpha value is -3.03. The zero-order valence-corrected chi connectivity index (χ0v) is 20.7. The van der Waals surface area contributed by atoms with E-state index in [2.05, 4.69) is 59.8 Å². The van der Waals surface area contributed by atoms with Crippen LogP contribution in [0.5, 0.6) is 5.75 Å². The number of fused-ring (bicyclic) bond motifs is 1. The molecule has 176 valence electrons. The minimum absolute atomic E-state index is 0.227. The Balaban J connectivity index is 1.41. The molecule has 0 spiro atoms. The number of ether oxygens (including phenoxy) is 1. The second kappa shape index (κ2) is 9.31. The van der Waals surface area contributed by atoms with Crippen LogP contribution in [0.4, 0.5) is 10.2 Å². The van der Waals surface area contributed by atoms with Crippen LogP contribution in [-0.2, 0) is 0 Å². The van der Waals surface area contributed by atoms with Crippen LogP contribution in [-0.4, -0.2) is 47.2 Å². The van der Waals surface area contributed by atoms with E-state index in [1.165, 1.54) is 17.7 Å². The Morgan fingerprint density at radius 1 is 1.03 bits per heavy atom. The number of piperazine rings is 1. The number of thiophene rings is 1. The van der Waals surface area contributed by atoms with Gasteiger partial charge in [-0.3, -0.25) is 4.90 Å². The summed E-state index contributed by atoms with van der Waals surface area (Å²) in [5.74, 6) is 1.64. The lowest BCUT2D eigenvalue weighted by atomic mass is 9.99. The van der Waals surface area contributed by atoms with Crippen molar-refractivity contribution in [2.24, 2.45) is 0 Å². The first kappa shape index (κ1) is 22.7. The van der Waals surface area contributed by atoms with E-state index < -0.39 is 0 Å². The molecule has 1 saturated heterocycles. The molecular weight excluding hydrogens is 447 g/mol. The lowest BCUT2D eigenvalue weighted by Crippen LogP contribution is -2.57. The summed E-state index contributed by atoms with van der Waals surface area (Å²) in [5.41, 5.74) is 3.19. The van der Waals surface area contributed by atoms with Gasteiger partial charge in [-0.25, -0.2) is 14.4 Å². The summed E-state index contributed by atoms with van der Waals surface area (Å²) in [6, 6.07) is 18.0. The maximum Gasteiger partial charge on any atom is 0.150 e. The van der Waals surface area contributed by atoms with Gasteiger partial charge < -0.3 is 9.64 Å². The summed E-state index contributed by atoms with van der Waals surface area (Å²) < 4.78 is 19.9. The van der Waals surface area contributed by atoms with Crippen LogP contribution in [0.15, 0.2) is 60.9 Å². The molecule has 1 fully saturated rings. The van der Waals surface area contributed by atoms with Crippen LogP contribution >= 0.6 is 11.3 Å². The van der Waals surface area contributed by atoms with Crippen molar-refractivity contribution in [1.29, 1.82) is 0 Å². The lowest BCUT2D eigenvalue weighted by molar-refractivity contribution is 0.0862. The predicted molar refractivity (Wildman–Crippen MR) is 137 cm³/mol. The van der Waals surface area contributed by atoms with Gasteiger partial charge in [-0.05, 0) is 62.2 Å². The van der Waals surface area contributed by atoms with Gasteiger partial charge in [0.15, 0.2) is 0 Å². The standard InChI is InChI=1S/C27H29FN4OS/c1-17-14-31(15-18(2)32(17)19(3)21-6-5-7-23(12-21)33-4)27-26-24(29-16-30-27)13-25(34-26)20-8-10-22(28)11-9-20/h5-13,16-19H,14-15H2,1-4H3/t17-,18+,19-/m0/s1. The maximum absolute atomic E-state index is 13.4. The van der Waals surface area contributed by atoms with Crippen molar-refractivity contribution in [3.05, 3.63) is 72.3 Å². The van der Waals surface area contributed by atoms with Crippen molar-refractivity contribution in [3.63, 3.8) is 0 Å². The Morgan fingerprint density at radius 3 is 2.47 bits per heavy atom. The summed E-state index contributed by atoms with van der Waals surface area (Å²) >= 11 is 1.67. The molecule has 0 bridgehead atoms. The molecule has 0 N–H and O–H groups in total. The maximum atomic E-state index is 13.4. The Kier molecular flexibility index (Phi) is 6.23. The molecule has 1 aliphatic heterocycles. The predicted octanol–water partition coefficient (Wildman–Crippen LogP) is 6.17. The number of anilines is 1. The summed E-state index contributed by atoms with van der Waals surface area (Å²) in [5, 5.41) is 0. The van der Waals surface area contributed by atoms with E-state index in [-0.39, 0.29) is 11.9 Å². The van der Waals surface area contributed by atoms with E-state index in [1.54, 1.807) is 24.8 Å². The molecule has 0 saturated carbocycles. The van der Waals surface area contributed by atoms with Crippen LogP contribution in [0, 0.1) is 5.82 Å². The molecule has 1 aliphatic rings. The van der Waals surface area contributed by atoms with Crippen LogP contribution in [0.2, 0.25) is 0 Å². The van der Waals surface area contributed by atoms with Gasteiger partial charge in [0.25, 0.3) is 0 Å². The minimum Gasteiger partial charge on any atom is -0.497 e. The number of aromatic nitrogens is 2. The first-order valence-electron chi connectivity index (χ1n) is 11.6. The van der Waals surface area contributed by atoms with E-state index in [1.807, 2.05) is 18.2 Å². The molecule has 0 unspecified atom stereocenters. The SMILES string of the molecule is COc1cccc([C@H](C)N2[C@H](C)CN(c3ncnc4cc(-c5ccc(F)cc5)sc34)C[C@@H]2C)c1. The lowest BCUT2D eigenvalue weighted by Gasteiger charge is -2.47. The highest BCUT2D eigenvalue weighted by molar-refractivity contribution is 7.22. The molecular formula is C27H29FN4OS. The number of benzene rings is 2. The van der Waals surface area contributed by atoms with E-state index in [0.717, 1.165) is 45.3 Å². The molecule has 4 aromatic rings. The highest BCUT2D eigenvalue weighted by Crippen LogP contribution is 2.39. The molecule has 2 aromatic heterocycles. The van der Waals surface area contributed by atoms with Gasteiger partial charge in [0, 0.05) is 36.1 Å². The molecule has 0 amide bonds. The number of methoxy groups -OCH3 is 1. The Bertz CT molecular complexity index is 1280. The van der Waals surface area contributed by atoms with Gasteiger partial charge in [-0.2, -0.15) is 0 Å². The van der Waals surface area contributed by atoms with Crippen molar-refractivity contribution in [1.82, 2.24) is 14.9 Å². The van der Waals surface area contributed by atoms with Gasteiger partial charge in [0.2, 0.25) is 0 Å². The first-order valence-corrected chi connectivity index (χ1v) is 12.4. The Morgan fingerprint density at radius 2 is 1.76 bits per heavy atom. The van der Waals surface area contributed by atoms with Crippen molar-refractivity contribution in [2.75, 3.05) is 25.1 Å². The number of hydrogen-bond donors (Lipinski definition) is 0. The first-order chi connectivity index (χ1) is 16.4. The van der Waals surface area contributed by atoms with Gasteiger partial charge >= 0.3 is 0 Å². The fraction of sp³-hybridized carbons (Fsp3) is 0.333. The van der Waals surface area contributed by atoms with Gasteiger partial charge in [0.1, 0.15) is 23.7 Å². The van der Waals surface area contributed by atoms with Crippen molar-refractivity contribution < 1.29 is 9.13 Å². The minimum atomic E-state index is -0.227. The molecule has 0 aliphatic carbocycles. The second-order valence-corrected chi connectivity index (χ2v) is 10.1. The fourth-order valence-electron chi connectivity index (χ4n) is 5.17. The molecule has 3 atom stereocenters. The van der Waals surface area contributed by atoms with Crippen LogP contribution in [0.3, 0.4) is 0 Å². The molecule has 5 rings (SSSR count). The smallest absolute Gasteiger partial charge is 0.150 e. The summed E-state index contributed by atoms with van der Waals surface area (Å²) in [4.78, 5) is 15.3. The molecule has 7 heteroatoms. The summed E-state index contributed by atoms with van der Waals surface area (Å²) in [7, 11) is 1.71. The third-order valence-electron chi connectivity index (χ3n) is 6.73. The van der Waals surface area contributed by atoms with Gasteiger partial charge in [-0.1, -0.05) is 24.3 Å². The monoisotopic (exact) mass is 476 g/mol. The van der Waals surface area contributed by atoms with Crippen molar-refractivity contribution in [2.45, 2.75) is 38.9 Å². The molecule has 34 heavy (non-hydrogen) atoms. The largest absolute Gasteiger partial charge is 0.497 e. The zero-order valence-electron chi connectivity index (χ0n) is 19.9. The number of halogens is 1. The molecule has 3 heterocycles. The van der Waals surface area contributed by atoms with Crippen LogP contribution < -0.4 is 9.64 Å². The highest BCUT2D eigenvalue weighted by Gasteiger charge is 2.34. The van der Waals surface area contributed by atoms with Crippen molar-refractivity contribution in [3.8, 4) is 16.2 Å². The summed E-state index contributed by atoms with van der Waals surface area (Å²) in [6.07, 6.45) is 1.65. The zero-order chi connectivity index (χ0) is 23.8. The topological polar surface area (TPSA) is 41.5 Å². The van der Waals surface area contributed by atoms with Crippen molar-refractivity contribution >= 4 is 27.4 Å². The van der Waals surface area contributed by atoms with Crippen LogP contribution in [0.1, 0.15) is 32.4 Å². The normalized spacial score (nSPS) is 20.0. The quantitative estimate of drug-likeness (QED) is 0.345. The molecule has 5 nitrogen and oxygen atoms in total. The average molecular weight is 477 g/mol. The van der Waals surface area contributed by atoms with Gasteiger partial charge in [-0.15, -0.1) is 11.3 Å². The molecule has 0 radical (unpaired) electrons. The van der Waals surface area contributed by atoms with E-state index in [0.29, 0.717) is 12.1 Å². The third-order valence-corrected chi connectivity index (χ3v) is 7.90. The van der Waals surface area contributed by atoms with E-state index in [4.69, 9.17) is 9.72 Å². The van der Waals surface area contributed by atoms with Gasteiger partial charge in [0.05, 0.1) is 17.3 Å². The molecule has 2 aromatic carbocycles. The Labute approximate surface area is 203 Å². The number of rotatable bonds is 5. The fourth-order valence-corrected chi connectivity index (χ4v) is 6.30. The van der Waals surface area contributed by atoms with E-state index in [9.17, 15) is 4.39 Å². The average Bonchev–Trinajstić information content (AvgIpc) is 3.28.